The molecular weight excluding hydrogens is 620 g/mol. The minimum Gasteiger partial charge on any atom is -0.508 e. The molecule has 0 spiro atoms. The van der Waals surface area contributed by atoms with Crippen LogP contribution < -0.4 is 0 Å². The second kappa shape index (κ2) is 15.9. The highest BCUT2D eigenvalue weighted by Crippen LogP contribution is 2.39. The van der Waals surface area contributed by atoms with Crippen LogP contribution in [-0.2, 0) is 61.9 Å². The first-order chi connectivity index (χ1) is 21.7. The number of carbonyl (C=O) groups excluding carboxylic acids is 5. The monoisotopic (exact) mass is 656 g/mol. The van der Waals surface area contributed by atoms with Crippen molar-refractivity contribution in [3.8, 4) is 5.75 Å². The normalized spacial score (nSPS) is 30.8. The summed E-state index contributed by atoms with van der Waals surface area (Å²) in [6.45, 7) is 1.57. The minimum atomic E-state index is -2.50. The van der Waals surface area contributed by atoms with E-state index >= 15 is 0 Å². The summed E-state index contributed by atoms with van der Waals surface area (Å²) in [5, 5.41) is 40.7. The lowest BCUT2D eigenvalue weighted by molar-refractivity contribution is -0.384. The maximum Gasteiger partial charge on any atom is 0.331 e. The largest absolute Gasteiger partial charge is 0.508 e. The average molecular weight is 657 g/mol. The van der Waals surface area contributed by atoms with Gasteiger partial charge in [0.2, 0.25) is 12.1 Å². The van der Waals surface area contributed by atoms with E-state index in [1.807, 2.05) is 0 Å². The van der Waals surface area contributed by atoms with Gasteiger partial charge < -0.3 is 58.3 Å². The smallest absolute Gasteiger partial charge is 0.331 e. The Morgan fingerprint density at radius 2 is 1.41 bits per heavy atom. The van der Waals surface area contributed by atoms with E-state index in [1.54, 1.807) is 0 Å². The van der Waals surface area contributed by atoms with Crippen molar-refractivity contribution in [2.45, 2.75) is 82.5 Å². The van der Waals surface area contributed by atoms with E-state index in [1.165, 1.54) is 30.3 Å². The van der Waals surface area contributed by atoms with E-state index in [9.17, 15) is 44.4 Å². The molecular formula is C29H36O17. The van der Waals surface area contributed by atoms with Crippen LogP contribution in [-0.4, -0.2) is 125 Å². The molecule has 254 valence electrons. The number of aliphatic hydroxyl groups is 3. The van der Waals surface area contributed by atoms with Gasteiger partial charge in [-0.2, -0.15) is 0 Å². The molecule has 0 saturated carbocycles. The predicted octanol–water partition coefficient (Wildman–Crippen LogP) is -1.14. The molecule has 2 saturated heterocycles. The van der Waals surface area contributed by atoms with Crippen LogP contribution in [0.2, 0.25) is 0 Å². The number of aliphatic hydroxyl groups excluding tert-OH is 3. The standard InChI is InChI=1S/C29H36O17/c1-14(32)39-12-21-24(40-15(2)33)25(41-16(3)34)26(42-17(4)35)28(43-21)46-29(13-31)27(23(38)20(11-30)45-29)44-22(37)10-7-18-5-8-19(36)9-6-18/h5-10,20-21,23-28,30-31,36,38H,11-13H2,1-4H3. The fraction of sp³-hybridized carbons (Fsp3) is 0.552. The Bertz CT molecular complexity index is 1280. The van der Waals surface area contributed by atoms with E-state index in [-0.39, 0.29) is 5.75 Å². The molecule has 17 heteroatoms. The van der Waals surface area contributed by atoms with Crippen LogP contribution in [0.1, 0.15) is 33.3 Å². The van der Waals surface area contributed by atoms with Crippen LogP contribution in [0.3, 0.4) is 0 Å². The molecule has 1 aromatic rings. The lowest BCUT2D eigenvalue weighted by Crippen LogP contribution is -2.65. The van der Waals surface area contributed by atoms with Gasteiger partial charge >= 0.3 is 29.8 Å². The summed E-state index contributed by atoms with van der Waals surface area (Å²) in [6.07, 6.45) is -11.0. The number of benzene rings is 1. The lowest BCUT2D eigenvalue weighted by atomic mass is 9.97. The third kappa shape index (κ3) is 9.21. The average Bonchev–Trinajstić information content (AvgIpc) is 3.24. The Balaban J connectivity index is 2.01. The van der Waals surface area contributed by atoms with Crippen LogP contribution in [0.5, 0.6) is 5.75 Å². The molecule has 2 fully saturated rings. The predicted molar refractivity (Wildman–Crippen MR) is 148 cm³/mol. The Morgan fingerprint density at radius 1 is 0.826 bits per heavy atom. The zero-order chi connectivity index (χ0) is 34.2. The van der Waals surface area contributed by atoms with E-state index in [2.05, 4.69) is 0 Å². The van der Waals surface area contributed by atoms with Crippen molar-refractivity contribution >= 4 is 35.9 Å². The first kappa shape index (κ1) is 36.3. The van der Waals surface area contributed by atoms with Gasteiger partial charge in [-0.25, -0.2) is 4.79 Å². The Kier molecular flexibility index (Phi) is 12.6. The number of hydrogen-bond donors (Lipinski definition) is 4. The molecule has 0 aliphatic carbocycles. The molecule has 0 radical (unpaired) electrons. The van der Waals surface area contributed by atoms with Crippen molar-refractivity contribution in [1.82, 2.24) is 0 Å². The number of hydrogen-bond acceptors (Lipinski definition) is 17. The van der Waals surface area contributed by atoms with Crippen molar-refractivity contribution in [3.05, 3.63) is 35.9 Å². The van der Waals surface area contributed by atoms with E-state index in [0.717, 1.165) is 33.8 Å². The molecule has 2 aliphatic heterocycles. The second-order valence-corrected chi connectivity index (χ2v) is 10.3. The van der Waals surface area contributed by atoms with Crippen LogP contribution in [0.15, 0.2) is 30.3 Å². The highest BCUT2D eigenvalue weighted by Gasteiger charge is 2.62. The van der Waals surface area contributed by atoms with Crippen LogP contribution in [0.4, 0.5) is 0 Å². The van der Waals surface area contributed by atoms with Crippen molar-refractivity contribution in [2.75, 3.05) is 19.8 Å². The zero-order valence-electron chi connectivity index (χ0n) is 25.3. The molecule has 9 atom stereocenters. The van der Waals surface area contributed by atoms with E-state index in [0.29, 0.717) is 5.56 Å². The molecule has 0 amide bonds. The van der Waals surface area contributed by atoms with Gasteiger partial charge in [-0.05, 0) is 23.8 Å². The van der Waals surface area contributed by atoms with Gasteiger partial charge in [-0.15, -0.1) is 0 Å². The molecule has 3 rings (SSSR count). The fourth-order valence-electron chi connectivity index (χ4n) is 4.81. The van der Waals surface area contributed by atoms with Crippen molar-refractivity contribution in [2.24, 2.45) is 0 Å². The summed E-state index contributed by atoms with van der Waals surface area (Å²) >= 11 is 0. The summed E-state index contributed by atoms with van der Waals surface area (Å²) < 4.78 is 43.9. The minimum absolute atomic E-state index is 0.00641. The SMILES string of the molecule is CC(=O)OCC1OC(OC2(CO)OC(CO)C(O)C2OC(=O)C=Cc2ccc(O)cc2)C(OC(C)=O)C(OC(C)=O)C1OC(C)=O. The number of phenols is 1. The number of rotatable bonds is 12. The molecule has 2 aliphatic rings. The van der Waals surface area contributed by atoms with Crippen LogP contribution in [0, 0.1) is 0 Å². The Morgan fingerprint density at radius 3 is 1.96 bits per heavy atom. The highest BCUT2D eigenvalue weighted by molar-refractivity contribution is 5.87. The summed E-state index contributed by atoms with van der Waals surface area (Å²) in [5.41, 5.74) is 0.494. The van der Waals surface area contributed by atoms with Gasteiger partial charge in [0.1, 0.15) is 37.3 Å². The molecule has 2 heterocycles. The molecule has 0 aromatic heterocycles. The molecule has 46 heavy (non-hydrogen) atoms. The van der Waals surface area contributed by atoms with Gasteiger partial charge in [0, 0.05) is 33.8 Å². The molecule has 9 unspecified atom stereocenters. The number of esters is 5. The molecule has 4 N–H and O–H groups in total. The first-order valence-electron chi connectivity index (χ1n) is 13.9. The van der Waals surface area contributed by atoms with Gasteiger partial charge in [0.05, 0.1) is 6.61 Å². The van der Waals surface area contributed by atoms with Crippen LogP contribution >= 0.6 is 0 Å². The van der Waals surface area contributed by atoms with Crippen molar-refractivity contribution < 1.29 is 82.3 Å². The van der Waals surface area contributed by atoms with E-state index in [4.69, 9.17) is 37.9 Å². The quantitative estimate of drug-likeness (QED) is 0.118. The zero-order valence-corrected chi connectivity index (χ0v) is 25.3. The number of phenolic OH excluding ortho intramolecular Hbond substituents is 1. The third-order valence-corrected chi connectivity index (χ3v) is 6.69. The molecule has 17 nitrogen and oxygen atoms in total. The lowest BCUT2D eigenvalue weighted by Gasteiger charge is -2.46. The van der Waals surface area contributed by atoms with Crippen molar-refractivity contribution in [1.29, 1.82) is 0 Å². The highest BCUT2D eigenvalue weighted by atomic mass is 16.8. The third-order valence-electron chi connectivity index (χ3n) is 6.69. The van der Waals surface area contributed by atoms with Crippen molar-refractivity contribution in [3.63, 3.8) is 0 Å². The summed E-state index contributed by atoms with van der Waals surface area (Å²) in [7, 11) is 0. The number of aromatic hydroxyl groups is 1. The maximum atomic E-state index is 12.8. The van der Waals surface area contributed by atoms with Gasteiger partial charge in [0.25, 0.3) is 0 Å². The fourth-order valence-corrected chi connectivity index (χ4v) is 4.81. The van der Waals surface area contributed by atoms with Gasteiger partial charge in [-0.1, -0.05) is 12.1 Å². The van der Waals surface area contributed by atoms with Gasteiger partial charge in [-0.3, -0.25) is 19.2 Å². The Labute approximate surface area is 262 Å². The molecule has 1 aromatic carbocycles. The van der Waals surface area contributed by atoms with E-state index < -0.39 is 104 Å². The van der Waals surface area contributed by atoms with Gasteiger partial charge in [0.15, 0.2) is 24.4 Å². The maximum absolute atomic E-state index is 12.8. The molecule has 0 bridgehead atoms. The summed E-state index contributed by atoms with van der Waals surface area (Å²) in [4.78, 5) is 60.7. The summed E-state index contributed by atoms with van der Waals surface area (Å²) in [5.74, 6) is -7.05. The topological polar surface area (TPSA) is 240 Å². The first-order valence-corrected chi connectivity index (χ1v) is 13.9. The Hall–Kier alpha value is -4.13. The number of ether oxygens (including phenoxy) is 8. The summed E-state index contributed by atoms with van der Waals surface area (Å²) in [6, 6.07) is 5.76. The van der Waals surface area contributed by atoms with Crippen LogP contribution in [0.25, 0.3) is 6.08 Å². The second-order valence-electron chi connectivity index (χ2n) is 10.3. The number of carbonyl (C=O) groups is 5.